The lowest BCUT2D eigenvalue weighted by Crippen LogP contribution is -2.23. The number of ether oxygens (including phenoxy) is 1. The van der Waals surface area contributed by atoms with Gasteiger partial charge in [0.2, 0.25) is 0 Å². The third kappa shape index (κ3) is 4.73. The lowest BCUT2D eigenvalue weighted by molar-refractivity contribution is 0.0949. The van der Waals surface area contributed by atoms with Crippen LogP contribution in [0.15, 0.2) is 66.9 Å². The van der Waals surface area contributed by atoms with E-state index in [1.54, 1.807) is 43.6 Å². The van der Waals surface area contributed by atoms with E-state index in [4.69, 9.17) is 4.74 Å². The standard InChI is InChI=1S/C22H21N3O3/c1-15(26)16-7-5-8-19(12-16)25-21-13-17(10-11-23-21)22(27)24-14-18-6-3-4-9-20(18)28-2/h3-13H,14H2,1-2H3,(H,23,25)(H,24,27). The van der Waals surface area contributed by atoms with Crippen molar-refractivity contribution < 1.29 is 14.3 Å². The minimum atomic E-state index is -0.214. The molecule has 6 heteroatoms. The molecule has 0 aliphatic heterocycles. The lowest BCUT2D eigenvalue weighted by Gasteiger charge is -2.11. The molecule has 0 aliphatic rings. The summed E-state index contributed by atoms with van der Waals surface area (Å²) in [7, 11) is 1.60. The number of rotatable bonds is 7. The Hall–Kier alpha value is -3.67. The molecule has 0 aliphatic carbocycles. The SMILES string of the molecule is COc1ccccc1CNC(=O)c1ccnc(Nc2cccc(C(C)=O)c2)c1. The van der Waals surface area contributed by atoms with E-state index in [1.165, 1.54) is 6.92 Å². The predicted molar refractivity (Wildman–Crippen MR) is 108 cm³/mol. The first-order chi connectivity index (χ1) is 13.6. The predicted octanol–water partition coefficient (Wildman–Crippen LogP) is 3.97. The Bertz CT molecular complexity index is 1000. The van der Waals surface area contributed by atoms with Gasteiger partial charge in [-0.1, -0.05) is 30.3 Å². The smallest absolute Gasteiger partial charge is 0.251 e. The van der Waals surface area contributed by atoms with Crippen LogP contribution < -0.4 is 15.4 Å². The molecule has 2 N–H and O–H groups in total. The number of hydrogen-bond acceptors (Lipinski definition) is 5. The Balaban J connectivity index is 1.69. The number of nitrogens with zero attached hydrogens (tertiary/aromatic N) is 1. The molecule has 2 aromatic carbocycles. The number of hydrogen-bond donors (Lipinski definition) is 2. The molecule has 1 amide bonds. The number of aromatic nitrogens is 1. The third-order valence-corrected chi connectivity index (χ3v) is 4.20. The maximum absolute atomic E-state index is 12.5. The van der Waals surface area contributed by atoms with Crippen molar-refractivity contribution in [3.63, 3.8) is 0 Å². The van der Waals surface area contributed by atoms with Crippen LogP contribution in [-0.4, -0.2) is 23.8 Å². The van der Waals surface area contributed by atoms with Crippen LogP contribution in [0.4, 0.5) is 11.5 Å². The summed E-state index contributed by atoms with van der Waals surface area (Å²) < 4.78 is 5.30. The summed E-state index contributed by atoms with van der Waals surface area (Å²) in [6, 6.07) is 18.0. The third-order valence-electron chi connectivity index (χ3n) is 4.20. The van der Waals surface area contributed by atoms with Crippen LogP contribution in [0.5, 0.6) is 5.75 Å². The van der Waals surface area contributed by atoms with Gasteiger partial charge in [0.15, 0.2) is 5.78 Å². The summed E-state index contributed by atoms with van der Waals surface area (Å²) in [6.45, 7) is 1.87. The van der Waals surface area contributed by atoms with Gasteiger partial charge in [-0.2, -0.15) is 0 Å². The molecule has 0 bridgehead atoms. The minimum absolute atomic E-state index is 0.0129. The fraction of sp³-hybridized carbons (Fsp3) is 0.136. The van der Waals surface area contributed by atoms with Crippen LogP contribution in [0.25, 0.3) is 0 Å². The minimum Gasteiger partial charge on any atom is -0.496 e. The zero-order chi connectivity index (χ0) is 19.9. The maximum atomic E-state index is 12.5. The first-order valence-electron chi connectivity index (χ1n) is 8.81. The number of benzene rings is 2. The Kier molecular flexibility index (Phi) is 6.01. The van der Waals surface area contributed by atoms with Crippen molar-refractivity contribution >= 4 is 23.2 Å². The van der Waals surface area contributed by atoms with E-state index in [0.717, 1.165) is 17.0 Å². The summed E-state index contributed by atoms with van der Waals surface area (Å²) in [5, 5.41) is 6.01. The van der Waals surface area contributed by atoms with E-state index < -0.39 is 0 Å². The number of Topliss-reactive ketones (excluding diaryl/α,β-unsaturated/α-hetero) is 1. The lowest BCUT2D eigenvalue weighted by atomic mass is 10.1. The molecule has 0 fully saturated rings. The molecule has 3 aromatic rings. The summed E-state index contributed by atoms with van der Waals surface area (Å²) in [5.41, 5.74) is 2.71. The van der Waals surface area contributed by atoms with Crippen LogP contribution in [0.3, 0.4) is 0 Å². The number of para-hydroxylation sites is 1. The molecule has 0 saturated heterocycles. The Labute approximate surface area is 163 Å². The van der Waals surface area contributed by atoms with Gasteiger partial charge >= 0.3 is 0 Å². The second kappa shape index (κ2) is 8.81. The zero-order valence-corrected chi connectivity index (χ0v) is 15.7. The molecular weight excluding hydrogens is 354 g/mol. The summed E-state index contributed by atoms with van der Waals surface area (Å²) in [5.74, 6) is 1.02. The van der Waals surface area contributed by atoms with Gasteiger partial charge in [-0.3, -0.25) is 9.59 Å². The Morgan fingerprint density at radius 3 is 2.61 bits per heavy atom. The number of pyridine rings is 1. The van der Waals surface area contributed by atoms with Crippen LogP contribution >= 0.6 is 0 Å². The van der Waals surface area contributed by atoms with Gasteiger partial charge in [0, 0.05) is 35.1 Å². The summed E-state index contributed by atoms with van der Waals surface area (Å²) in [4.78, 5) is 28.3. The van der Waals surface area contributed by atoms with Crippen molar-refractivity contribution in [2.75, 3.05) is 12.4 Å². The van der Waals surface area contributed by atoms with Crippen LogP contribution in [0, 0.1) is 0 Å². The number of nitrogens with one attached hydrogen (secondary N) is 2. The molecule has 0 unspecified atom stereocenters. The highest BCUT2D eigenvalue weighted by Gasteiger charge is 2.09. The van der Waals surface area contributed by atoms with Crippen molar-refractivity contribution in [2.45, 2.75) is 13.5 Å². The highest BCUT2D eigenvalue weighted by molar-refractivity contribution is 5.96. The Morgan fingerprint density at radius 1 is 1.00 bits per heavy atom. The molecule has 0 atom stereocenters. The number of ketones is 1. The molecule has 3 rings (SSSR count). The van der Waals surface area contributed by atoms with Gasteiger partial charge < -0.3 is 15.4 Å². The Morgan fingerprint density at radius 2 is 1.82 bits per heavy atom. The fourth-order valence-electron chi connectivity index (χ4n) is 2.73. The molecule has 1 heterocycles. The molecule has 28 heavy (non-hydrogen) atoms. The fourth-order valence-corrected chi connectivity index (χ4v) is 2.73. The van der Waals surface area contributed by atoms with E-state index >= 15 is 0 Å². The van der Waals surface area contributed by atoms with Gasteiger partial charge in [-0.15, -0.1) is 0 Å². The van der Waals surface area contributed by atoms with Crippen molar-refractivity contribution in [1.82, 2.24) is 10.3 Å². The van der Waals surface area contributed by atoms with Crippen LogP contribution in [0.2, 0.25) is 0 Å². The van der Waals surface area contributed by atoms with Crippen LogP contribution in [0.1, 0.15) is 33.2 Å². The molecule has 0 spiro atoms. The quantitative estimate of drug-likeness (QED) is 0.611. The topological polar surface area (TPSA) is 80.3 Å². The summed E-state index contributed by atoms with van der Waals surface area (Å²) >= 11 is 0. The average Bonchev–Trinajstić information content (AvgIpc) is 2.72. The monoisotopic (exact) mass is 375 g/mol. The molecule has 1 aromatic heterocycles. The first kappa shape index (κ1) is 19.1. The van der Waals surface area contributed by atoms with Gasteiger partial charge in [0.1, 0.15) is 11.6 Å². The van der Waals surface area contributed by atoms with Gasteiger partial charge in [0.25, 0.3) is 5.91 Å². The number of anilines is 2. The molecule has 6 nitrogen and oxygen atoms in total. The molecular formula is C22H21N3O3. The molecule has 0 radical (unpaired) electrons. The number of amides is 1. The van der Waals surface area contributed by atoms with E-state index in [0.29, 0.717) is 23.5 Å². The van der Waals surface area contributed by atoms with Gasteiger partial charge in [-0.25, -0.2) is 4.98 Å². The van der Waals surface area contributed by atoms with Crippen molar-refractivity contribution in [3.05, 3.63) is 83.6 Å². The van der Waals surface area contributed by atoms with Crippen molar-refractivity contribution in [1.29, 1.82) is 0 Å². The number of methoxy groups -OCH3 is 1. The number of carbonyl (C=O) groups is 2. The van der Waals surface area contributed by atoms with E-state index in [1.807, 2.05) is 30.3 Å². The zero-order valence-electron chi connectivity index (χ0n) is 15.7. The highest BCUT2D eigenvalue weighted by atomic mass is 16.5. The number of carbonyl (C=O) groups excluding carboxylic acids is 2. The van der Waals surface area contributed by atoms with Crippen LogP contribution in [-0.2, 0) is 6.54 Å². The maximum Gasteiger partial charge on any atom is 0.251 e. The second-order valence-electron chi connectivity index (χ2n) is 6.19. The molecule has 0 saturated carbocycles. The van der Waals surface area contributed by atoms with E-state index in [9.17, 15) is 9.59 Å². The molecule has 142 valence electrons. The largest absolute Gasteiger partial charge is 0.496 e. The van der Waals surface area contributed by atoms with E-state index in [2.05, 4.69) is 15.6 Å². The normalized spacial score (nSPS) is 10.2. The first-order valence-corrected chi connectivity index (χ1v) is 8.81. The highest BCUT2D eigenvalue weighted by Crippen LogP contribution is 2.19. The van der Waals surface area contributed by atoms with Crippen molar-refractivity contribution in [3.8, 4) is 5.75 Å². The van der Waals surface area contributed by atoms with E-state index in [-0.39, 0.29) is 11.7 Å². The van der Waals surface area contributed by atoms with Gasteiger partial charge in [-0.05, 0) is 37.3 Å². The second-order valence-corrected chi connectivity index (χ2v) is 6.19. The summed E-state index contributed by atoms with van der Waals surface area (Å²) in [6.07, 6.45) is 1.56. The van der Waals surface area contributed by atoms with Crippen molar-refractivity contribution in [2.24, 2.45) is 0 Å². The van der Waals surface area contributed by atoms with Gasteiger partial charge in [0.05, 0.1) is 7.11 Å². The average molecular weight is 375 g/mol.